The molecule has 0 atom stereocenters. The molecule has 2 heterocycles. The monoisotopic (exact) mass is 697 g/mol. The lowest BCUT2D eigenvalue weighted by atomic mass is 10.1. The summed E-state index contributed by atoms with van der Waals surface area (Å²) in [4.78, 5) is 20.4. The van der Waals surface area contributed by atoms with E-state index in [0.717, 1.165) is 27.8 Å². The van der Waals surface area contributed by atoms with Gasteiger partial charge in [0, 0.05) is 101 Å². The van der Waals surface area contributed by atoms with Crippen molar-refractivity contribution in [3.63, 3.8) is 0 Å². The molecule has 5 rings (SSSR count). The number of carbonyl (C=O) groups excluding carboxylic acids is 1. The minimum absolute atomic E-state index is 0.00647. The van der Waals surface area contributed by atoms with Crippen molar-refractivity contribution in [2.45, 2.75) is 11.8 Å². The van der Waals surface area contributed by atoms with Gasteiger partial charge in [-0.25, -0.2) is 8.42 Å². The van der Waals surface area contributed by atoms with Gasteiger partial charge in [-0.2, -0.15) is 4.31 Å². The summed E-state index contributed by atoms with van der Waals surface area (Å²) >= 11 is 0. The number of rotatable bonds is 5. The van der Waals surface area contributed by atoms with Crippen molar-refractivity contribution in [3.8, 4) is 0 Å². The number of amides is 1. The van der Waals surface area contributed by atoms with Gasteiger partial charge >= 0.3 is 0 Å². The second kappa shape index (κ2) is 18.0. The molecule has 2 fully saturated rings. The lowest BCUT2D eigenvalue weighted by Gasteiger charge is -2.36. The summed E-state index contributed by atoms with van der Waals surface area (Å²) in [6.07, 6.45) is 0. The molecule has 3 aromatic carbocycles. The van der Waals surface area contributed by atoms with Crippen LogP contribution < -0.4 is 14.7 Å². The van der Waals surface area contributed by atoms with Gasteiger partial charge in [-0.05, 0) is 36.4 Å². The fourth-order valence-electron chi connectivity index (χ4n) is 6.22. The molecule has 0 saturated carbocycles. The van der Waals surface area contributed by atoms with Crippen LogP contribution in [-0.4, -0.2) is 143 Å². The molecule has 268 valence electrons. The average molecular weight is 698 g/mol. The van der Waals surface area contributed by atoms with Crippen molar-refractivity contribution in [2.24, 2.45) is 0 Å². The fraction of sp³-hybridized carbons (Fsp3) is 0.528. The lowest BCUT2D eigenvalue weighted by Crippen LogP contribution is -2.48. The van der Waals surface area contributed by atoms with E-state index in [9.17, 15) is 13.2 Å². The molecule has 49 heavy (non-hydrogen) atoms. The molecule has 2 aliphatic rings. The number of fused-ring (bicyclic) bond motifs is 1. The van der Waals surface area contributed by atoms with Crippen LogP contribution in [0.1, 0.15) is 6.92 Å². The van der Waals surface area contributed by atoms with Crippen molar-refractivity contribution in [1.82, 2.24) is 9.21 Å². The van der Waals surface area contributed by atoms with Gasteiger partial charge in [-0.3, -0.25) is 4.79 Å². The number of hydrogen-bond donors (Lipinski definition) is 0. The van der Waals surface area contributed by atoms with Gasteiger partial charge < -0.3 is 38.5 Å². The molecule has 1 amide bonds. The van der Waals surface area contributed by atoms with E-state index in [-0.39, 0.29) is 5.91 Å². The number of piperazine rings is 1. The molecule has 2 aliphatic heterocycles. The molecule has 3 aromatic rings. The van der Waals surface area contributed by atoms with Crippen LogP contribution in [0.25, 0.3) is 10.8 Å². The first-order valence-electron chi connectivity index (χ1n) is 17.1. The van der Waals surface area contributed by atoms with Gasteiger partial charge in [0.2, 0.25) is 15.9 Å². The van der Waals surface area contributed by atoms with Crippen molar-refractivity contribution < 1.29 is 32.2 Å². The molecular weight excluding hydrogens is 646 g/mol. The van der Waals surface area contributed by atoms with E-state index in [2.05, 4.69) is 34.1 Å². The maximum absolute atomic E-state index is 13.9. The molecular formula is C36H51N5O7S. The Kier molecular flexibility index (Phi) is 13.5. The smallest absolute Gasteiger partial charge is 0.243 e. The van der Waals surface area contributed by atoms with Gasteiger partial charge in [-0.1, -0.05) is 24.3 Å². The Hall–Kier alpha value is -3.46. The quantitative estimate of drug-likeness (QED) is 0.395. The third-order valence-corrected chi connectivity index (χ3v) is 10.9. The Morgan fingerprint density at radius 3 is 1.57 bits per heavy atom. The van der Waals surface area contributed by atoms with Gasteiger partial charge in [0.15, 0.2) is 0 Å². The zero-order valence-electron chi connectivity index (χ0n) is 29.1. The first-order valence-corrected chi connectivity index (χ1v) is 18.6. The SMILES string of the molecule is CC(=O)N1CCOCCOCCN(c2ccc(N3CCN(S(=O)(=O)c4cccc5c(N(C)C)cccc45)CC3)cc2)CCOCCOCC1. The minimum Gasteiger partial charge on any atom is -0.377 e. The number of carbonyl (C=O) groups is 1. The van der Waals surface area contributed by atoms with Gasteiger partial charge in [0.05, 0.1) is 57.8 Å². The summed E-state index contributed by atoms with van der Waals surface area (Å²) in [5.41, 5.74) is 3.12. The topological polar surface area (TPSA) is 104 Å². The van der Waals surface area contributed by atoms with Crippen LogP contribution in [0.4, 0.5) is 17.1 Å². The Labute approximate surface area is 291 Å². The second-order valence-corrected chi connectivity index (χ2v) is 14.3. The highest BCUT2D eigenvalue weighted by atomic mass is 32.2. The van der Waals surface area contributed by atoms with Gasteiger partial charge in [-0.15, -0.1) is 0 Å². The minimum atomic E-state index is -3.66. The summed E-state index contributed by atoms with van der Waals surface area (Å²) in [7, 11) is 0.269. The molecule has 0 unspecified atom stereocenters. The first-order chi connectivity index (χ1) is 23.8. The normalized spacial score (nSPS) is 19.0. The van der Waals surface area contributed by atoms with Crippen LogP contribution in [0, 0.1) is 0 Å². The van der Waals surface area contributed by atoms with E-state index in [1.807, 2.05) is 49.3 Å². The molecule has 12 nitrogen and oxygen atoms in total. The highest BCUT2D eigenvalue weighted by molar-refractivity contribution is 7.89. The standard InChI is InChI=1S/C36H51N5O7S/c1-30(42)38-18-22-45-26-28-47-24-20-40(21-25-48-29-27-46-23-19-38)32-12-10-31(11-13-32)39-14-16-41(17-15-39)49(43,44)36-9-5-6-33-34(36)7-4-8-35(33)37(2)3/h4-13H,14-29H2,1-3H3. The summed E-state index contributed by atoms with van der Waals surface area (Å²) in [5.74, 6) is 0.00647. The fourth-order valence-corrected chi connectivity index (χ4v) is 7.85. The molecule has 0 aliphatic carbocycles. The Morgan fingerprint density at radius 1 is 0.592 bits per heavy atom. The third-order valence-electron chi connectivity index (χ3n) is 8.99. The van der Waals surface area contributed by atoms with Crippen LogP contribution >= 0.6 is 0 Å². The van der Waals surface area contributed by atoms with E-state index in [4.69, 9.17) is 18.9 Å². The summed E-state index contributed by atoms with van der Waals surface area (Å²) in [6.45, 7) is 9.91. The highest BCUT2D eigenvalue weighted by Crippen LogP contribution is 2.32. The molecule has 0 bridgehead atoms. The Balaban J connectivity index is 1.16. The number of nitrogens with zero attached hydrogens (tertiary/aromatic N) is 5. The largest absolute Gasteiger partial charge is 0.377 e. The third kappa shape index (κ3) is 9.83. The highest BCUT2D eigenvalue weighted by Gasteiger charge is 2.30. The Bertz CT molecular complexity index is 1580. The van der Waals surface area contributed by atoms with E-state index >= 15 is 0 Å². The van der Waals surface area contributed by atoms with E-state index in [1.54, 1.807) is 22.2 Å². The van der Waals surface area contributed by atoms with E-state index in [0.29, 0.717) is 110 Å². The van der Waals surface area contributed by atoms with Gasteiger partial charge in [0.1, 0.15) is 0 Å². The van der Waals surface area contributed by atoms with Crippen molar-refractivity contribution in [1.29, 1.82) is 0 Å². The van der Waals surface area contributed by atoms with Gasteiger partial charge in [0.25, 0.3) is 0 Å². The molecule has 0 N–H and O–H groups in total. The van der Waals surface area contributed by atoms with Crippen LogP contribution in [0.3, 0.4) is 0 Å². The molecule has 0 aromatic heterocycles. The summed E-state index contributed by atoms with van der Waals surface area (Å²) in [6, 6.07) is 19.8. The molecule has 0 radical (unpaired) electrons. The van der Waals surface area contributed by atoms with Crippen LogP contribution in [0.2, 0.25) is 0 Å². The predicted octanol–water partition coefficient (Wildman–Crippen LogP) is 3.15. The zero-order chi connectivity index (χ0) is 34.6. The summed E-state index contributed by atoms with van der Waals surface area (Å²) < 4.78 is 52.4. The first kappa shape index (κ1) is 36.8. The number of anilines is 3. The van der Waals surface area contributed by atoms with Crippen molar-refractivity contribution >= 4 is 43.8 Å². The maximum Gasteiger partial charge on any atom is 0.243 e. The molecule has 0 spiro atoms. The van der Waals surface area contributed by atoms with Crippen molar-refractivity contribution in [3.05, 3.63) is 60.7 Å². The Morgan fingerprint density at radius 2 is 1.06 bits per heavy atom. The number of sulfonamides is 1. The zero-order valence-corrected chi connectivity index (χ0v) is 29.9. The number of ether oxygens (including phenoxy) is 4. The van der Waals surface area contributed by atoms with E-state index in [1.165, 1.54) is 0 Å². The predicted molar refractivity (Wildman–Crippen MR) is 193 cm³/mol. The molecule has 13 heteroatoms. The summed E-state index contributed by atoms with van der Waals surface area (Å²) in [5, 5.41) is 1.67. The number of hydrogen-bond acceptors (Lipinski definition) is 10. The molecule has 2 saturated heterocycles. The second-order valence-electron chi connectivity index (χ2n) is 12.4. The average Bonchev–Trinajstić information content (AvgIpc) is 3.11. The van der Waals surface area contributed by atoms with E-state index < -0.39 is 10.0 Å². The van der Waals surface area contributed by atoms with Crippen LogP contribution in [0.15, 0.2) is 65.6 Å². The van der Waals surface area contributed by atoms with Crippen LogP contribution in [-0.2, 0) is 33.8 Å². The maximum atomic E-state index is 13.9. The van der Waals surface area contributed by atoms with Crippen molar-refractivity contribution in [2.75, 3.05) is 134 Å². The lowest BCUT2D eigenvalue weighted by molar-refractivity contribution is -0.130. The van der Waals surface area contributed by atoms with Crippen LogP contribution in [0.5, 0.6) is 0 Å². The number of benzene rings is 3.